The Labute approximate surface area is 166 Å². The minimum atomic E-state index is -0.499. The van der Waals surface area contributed by atoms with Crippen LogP contribution in [-0.4, -0.2) is 21.4 Å². The first-order chi connectivity index (χ1) is 13.5. The summed E-state index contributed by atoms with van der Waals surface area (Å²) < 4.78 is 5.80. The van der Waals surface area contributed by atoms with Gasteiger partial charge in [-0.05, 0) is 55.2 Å². The summed E-state index contributed by atoms with van der Waals surface area (Å²) in [5.41, 5.74) is 3.42. The molecule has 0 unspecified atom stereocenters. The largest absolute Gasteiger partial charge is 0.434 e. The molecular formula is C20H17ClN4O3. The van der Waals surface area contributed by atoms with E-state index in [1.165, 1.54) is 6.33 Å². The summed E-state index contributed by atoms with van der Waals surface area (Å²) in [5.74, 6) is 0.567. The van der Waals surface area contributed by atoms with Gasteiger partial charge in [-0.3, -0.25) is 10.1 Å². The number of benzene rings is 2. The van der Waals surface area contributed by atoms with E-state index in [-0.39, 0.29) is 17.4 Å². The van der Waals surface area contributed by atoms with Crippen LogP contribution in [0.15, 0.2) is 42.7 Å². The summed E-state index contributed by atoms with van der Waals surface area (Å²) in [6, 6.07) is 11.3. The van der Waals surface area contributed by atoms with Crippen LogP contribution in [-0.2, 0) is 6.42 Å². The van der Waals surface area contributed by atoms with E-state index in [0.717, 1.165) is 28.8 Å². The van der Waals surface area contributed by atoms with Crippen molar-refractivity contribution in [1.29, 1.82) is 0 Å². The average Bonchev–Trinajstić information content (AvgIpc) is 3.09. The first-order valence-electron chi connectivity index (χ1n) is 8.75. The van der Waals surface area contributed by atoms with Gasteiger partial charge in [-0.25, -0.2) is 4.98 Å². The highest BCUT2D eigenvalue weighted by Gasteiger charge is 2.32. The standard InChI is InChI=1S/C20H17ClN4O3/c1-12-9-15(10-13(2)17(12)21)28-20-18(25(26)27)19(22-11-23-20)24-8-7-14-5-3-4-6-16(14)24/h3-6,9-11H,7-8H2,1-2H3. The zero-order valence-corrected chi connectivity index (χ0v) is 16.1. The normalized spacial score (nSPS) is 12.8. The van der Waals surface area contributed by atoms with Crippen LogP contribution in [0, 0.1) is 24.0 Å². The van der Waals surface area contributed by atoms with Crippen LogP contribution >= 0.6 is 11.6 Å². The Bertz CT molecular complexity index is 1060. The molecule has 2 heterocycles. The average molecular weight is 397 g/mol. The molecule has 28 heavy (non-hydrogen) atoms. The molecular weight excluding hydrogens is 380 g/mol. The van der Waals surface area contributed by atoms with Crippen LogP contribution in [0.4, 0.5) is 17.2 Å². The molecule has 1 aliphatic rings. The molecule has 0 spiro atoms. The van der Waals surface area contributed by atoms with Crippen LogP contribution in [0.5, 0.6) is 11.6 Å². The van der Waals surface area contributed by atoms with E-state index < -0.39 is 4.92 Å². The summed E-state index contributed by atoms with van der Waals surface area (Å²) in [4.78, 5) is 21.5. The molecule has 0 saturated heterocycles. The third kappa shape index (κ3) is 3.14. The van der Waals surface area contributed by atoms with E-state index in [2.05, 4.69) is 9.97 Å². The van der Waals surface area contributed by atoms with E-state index in [0.29, 0.717) is 17.3 Å². The molecule has 7 nitrogen and oxygen atoms in total. The van der Waals surface area contributed by atoms with Gasteiger partial charge >= 0.3 is 11.6 Å². The molecule has 142 valence electrons. The second kappa shape index (κ2) is 7.09. The van der Waals surface area contributed by atoms with E-state index in [1.54, 1.807) is 12.1 Å². The lowest BCUT2D eigenvalue weighted by Crippen LogP contribution is -2.17. The van der Waals surface area contributed by atoms with Crippen molar-refractivity contribution in [3.8, 4) is 11.6 Å². The smallest absolute Gasteiger partial charge is 0.373 e. The number of nitro groups is 1. The number of para-hydroxylation sites is 1. The number of nitrogens with zero attached hydrogens (tertiary/aromatic N) is 4. The molecule has 0 fully saturated rings. The van der Waals surface area contributed by atoms with Crippen molar-refractivity contribution < 1.29 is 9.66 Å². The van der Waals surface area contributed by atoms with E-state index >= 15 is 0 Å². The maximum absolute atomic E-state index is 11.9. The van der Waals surface area contributed by atoms with Gasteiger partial charge in [0.1, 0.15) is 12.1 Å². The zero-order chi connectivity index (χ0) is 19.8. The molecule has 0 amide bonds. The van der Waals surface area contributed by atoms with Crippen molar-refractivity contribution in [3.05, 3.63) is 74.6 Å². The highest BCUT2D eigenvalue weighted by Crippen LogP contribution is 2.42. The summed E-state index contributed by atoms with van der Waals surface area (Å²) >= 11 is 6.20. The number of halogens is 1. The Morgan fingerprint density at radius 1 is 1.18 bits per heavy atom. The molecule has 0 atom stereocenters. The number of hydrogen-bond acceptors (Lipinski definition) is 6. The van der Waals surface area contributed by atoms with Crippen molar-refractivity contribution in [3.63, 3.8) is 0 Å². The van der Waals surface area contributed by atoms with E-state index in [1.807, 2.05) is 43.0 Å². The van der Waals surface area contributed by atoms with Gasteiger partial charge in [-0.1, -0.05) is 29.8 Å². The number of aromatic nitrogens is 2. The van der Waals surface area contributed by atoms with Crippen LogP contribution in [0.1, 0.15) is 16.7 Å². The topological polar surface area (TPSA) is 81.4 Å². The Morgan fingerprint density at radius 3 is 2.61 bits per heavy atom. The van der Waals surface area contributed by atoms with Gasteiger partial charge in [0.05, 0.1) is 4.92 Å². The van der Waals surface area contributed by atoms with Crippen LogP contribution in [0.2, 0.25) is 5.02 Å². The van der Waals surface area contributed by atoms with Crippen LogP contribution < -0.4 is 9.64 Å². The summed E-state index contributed by atoms with van der Waals surface area (Å²) in [7, 11) is 0. The third-order valence-corrected chi connectivity index (χ3v) is 5.32. The lowest BCUT2D eigenvalue weighted by molar-refractivity contribution is -0.385. The fraction of sp³-hybridized carbons (Fsp3) is 0.200. The number of rotatable bonds is 4. The fourth-order valence-corrected chi connectivity index (χ4v) is 3.53. The summed E-state index contributed by atoms with van der Waals surface area (Å²) in [6.07, 6.45) is 2.08. The molecule has 4 rings (SSSR count). The molecule has 0 radical (unpaired) electrons. The molecule has 2 aromatic carbocycles. The zero-order valence-electron chi connectivity index (χ0n) is 15.3. The van der Waals surface area contributed by atoms with Crippen molar-refractivity contribution >= 4 is 28.8 Å². The Kier molecular flexibility index (Phi) is 4.60. The Hall–Kier alpha value is -3.19. The quantitative estimate of drug-likeness (QED) is 0.448. The summed E-state index contributed by atoms with van der Waals surface area (Å²) in [5, 5.41) is 12.5. The number of anilines is 2. The van der Waals surface area contributed by atoms with Gasteiger partial charge in [0.25, 0.3) is 0 Å². The van der Waals surface area contributed by atoms with Crippen molar-refractivity contribution in [2.45, 2.75) is 20.3 Å². The van der Waals surface area contributed by atoms with E-state index in [4.69, 9.17) is 16.3 Å². The van der Waals surface area contributed by atoms with Gasteiger partial charge in [0.15, 0.2) is 0 Å². The van der Waals surface area contributed by atoms with Crippen molar-refractivity contribution in [2.24, 2.45) is 0 Å². The van der Waals surface area contributed by atoms with Crippen LogP contribution in [0.25, 0.3) is 0 Å². The Balaban J connectivity index is 1.78. The van der Waals surface area contributed by atoms with Gasteiger partial charge in [-0.15, -0.1) is 0 Å². The van der Waals surface area contributed by atoms with Gasteiger partial charge in [0.2, 0.25) is 5.82 Å². The molecule has 0 N–H and O–H groups in total. The number of aryl methyl sites for hydroxylation is 2. The van der Waals surface area contributed by atoms with Gasteiger partial charge in [-0.2, -0.15) is 4.98 Å². The predicted molar refractivity (Wildman–Crippen MR) is 107 cm³/mol. The SMILES string of the molecule is Cc1cc(Oc2ncnc(N3CCc4ccccc43)c2[N+](=O)[O-])cc(C)c1Cl. The number of ether oxygens (including phenoxy) is 1. The van der Waals surface area contributed by atoms with Crippen LogP contribution in [0.3, 0.4) is 0 Å². The highest BCUT2D eigenvalue weighted by molar-refractivity contribution is 6.32. The monoisotopic (exact) mass is 396 g/mol. The first kappa shape index (κ1) is 18.2. The third-order valence-electron chi connectivity index (χ3n) is 4.72. The number of hydrogen-bond donors (Lipinski definition) is 0. The molecule has 1 aliphatic heterocycles. The van der Waals surface area contributed by atoms with Gasteiger partial charge < -0.3 is 9.64 Å². The maximum Gasteiger partial charge on any atom is 0.373 e. The van der Waals surface area contributed by atoms with Crippen molar-refractivity contribution in [2.75, 3.05) is 11.4 Å². The van der Waals surface area contributed by atoms with Crippen molar-refractivity contribution in [1.82, 2.24) is 9.97 Å². The first-order valence-corrected chi connectivity index (χ1v) is 9.13. The molecule has 8 heteroatoms. The lowest BCUT2D eigenvalue weighted by Gasteiger charge is -2.18. The van der Waals surface area contributed by atoms with Gasteiger partial charge in [0, 0.05) is 17.3 Å². The predicted octanol–water partition coefficient (Wildman–Crippen LogP) is 5.14. The fourth-order valence-electron chi connectivity index (χ4n) is 3.42. The minimum Gasteiger partial charge on any atom is -0.434 e. The summed E-state index contributed by atoms with van der Waals surface area (Å²) in [6.45, 7) is 4.31. The molecule has 0 bridgehead atoms. The molecule has 3 aromatic rings. The second-order valence-corrected chi connectivity index (χ2v) is 6.99. The minimum absolute atomic E-state index is 0.0968. The maximum atomic E-state index is 11.9. The lowest BCUT2D eigenvalue weighted by atomic mass is 10.1. The molecule has 1 aromatic heterocycles. The highest BCUT2D eigenvalue weighted by atomic mass is 35.5. The molecule has 0 saturated carbocycles. The molecule has 0 aliphatic carbocycles. The Morgan fingerprint density at radius 2 is 1.89 bits per heavy atom. The van der Waals surface area contributed by atoms with E-state index in [9.17, 15) is 10.1 Å². The second-order valence-electron chi connectivity index (χ2n) is 6.61. The number of fused-ring (bicyclic) bond motifs is 1.